The fraction of sp³-hybridized carbons (Fsp3) is 0.500. The molecule has 0 saturated carbocycles. The number of unbranched alkanes of at least 4 members (excludes halogenated alkanes) is 1. The lowest BCUT2D eigenvalue weighted by molar-refractivity contribution is -0.158. The van der Waals surface area contributed by atoms with Crippen molar-refractivity contribution < 1.29 is 33.4 Å². The van der Waals surface area contributed by atoms with Crippen LogP contribution in [0.25, 0.3) is 0 Å². The zero-order valence-corrected chi connectivity index (χ0v) is 25.0. The van der Waals surface area contributed by atoms with Gasteiger partial charge in [0.15, 0.2) is 0 Å². The Morgan fingerprint density at radius 3 is 2.43 bits per heavy atom. The Morgan fingerprint density at radius 2 is 1.71 bits per heavy atom. The van der Waals surface area contributed by atoms with Crippen LogP contribution in [0.4, 0.5) is 10.5 Å². The maximum Gasteiger partial charge on any atom is 0.407 e. The summed E-state index contributed by atoms with van der Waals surface area (Å²) in [6, 6.07) is 15.4. The van der Waals surface area contributed by atoms with Crippen LogP contribution in [-0.2, 0) is 41.6 Å². The number of ether oxygens (including phenoxy) is 3. The number of rotatable bonds is 13. The number of carbonyl (C=O) groups excluding carboxylic acids is 4. The van der Waals surface area contributed by atoms with Gasteiger partial charge in [0.25, 0.3) is 0 Å². The van der Waals surface area contributed by atoms with E-state index < -0.39 is 35.7 Å². The minimum absolute atomic E-state index is 0.184. The predicted molar refractivity (Wildman–Crippen MR) is 159 cm³/mol. The van der Waals surface area contributed by atoms with Crippen molar-refractivity contribution in [1.82, 2.24) is 10.6 Å². The van der Waals surface area contributed by atoms with Gasteiger partial charge in [0.2, 0.25) is 5.91 Å². The molecule has 0 bridgehead atoms. The molecule has 2 aromatic rings. The van der Waals surface area contributed by atoms with Crippen LogP contribution in [0.3, 0.4) is 0 Å². The van der Waals surface area contributed by atoms with Crippen molar-refractivity contribution in [2.75, 3.05) is 24.6 Å². The van der Waals surface area contributed by atoms with Gasteiger partial charge in [-0.15, -0.1) is 0 Å². The first kappa shape index (κ1) is 32.6. The second-order valence-electron chi connectivity index (χ2n) is 11.2. The first-order chi connectivity index (χ1) is 20.1. The zero-order valence-electron chi connectivity index (χ0n) is 25.0. The van der Waals surface area contributed by atoms with E-state index in [2.05, 4.69) is 10.6 Å². The van der Waals surface area contributed by atoms with Gasteiger partial charge < -0.3 is 19.5 Å². The molecule has 2 N–H and O–H groups in total. The fourth-order valence-electron chi connectivity index (χ4n) is 4.69. The number of hydrogen-bond donors (Lipinski definition) is 2. The van der Waals surface area contributed by atoms with Crippen molar-refractivity contribution in [3.63, 3.8) is 0 Å². The third-order valence-electron chi connectivity index (χ3n) is 6.64. The van der Waals surface area contributed by atoms with E-state index in [1.54, 1.807) is 27.7 Å². The molecular formula is C32H43N3O7. The Bertz CT molecular complexity index is 1200. The van der Waals surface area contributed by atoms with Crippen LogP contribution in [0.5, 0.6) is 0 Å². The van der Waals surface area contributed by atoms with Crippen molar-refractivity contribution in [1.29, 1.82) is 0 Å². The summed E-state index contributed by atoms with van der Waals surface area (Å²) in [7, 11) is 0. The molecule has 1 heterocycles. The van der Waals surface area contributed by atoms with Gasteiger partial charge >= 0.3 is 18.0 Å². The highest BCUT2D eigenvalue weighted by Gasteiger charge is 2.35. The maximum atomic E-state index is 13.7. The zero-order chi connectivity index (χ0) is 30.5. The normalized spacial score (nSPS) is 15.7. The summed E-state index contributed by atoms with van der Waals surface area (Å²) in [4.78, 5) is 52.8. The Hall–Kier alpha value is -3.92. The molecule has 10 heteroatoms. The highest BCUT2D eigenvalue weighted by molar-refractivity contribution is 6.02. The first-order valence-corrected chi connectivity index (χ1v) is 14.6. The number of benzene rings is 2. The quantitative estimate of drug-likeness (QED) is 0.204. The van der Waals surface area contributed by atoms with E-state index in [9.17, 15) is 19.2 Å². The number of para-hydroxylation sites is 1. The summed E-state index contributed by atoms with van der Waals surface area (Å²) in [5.74, 6) is -1.26. The van der Waals surface area contributed by atoms with Gasteiger partial charge in [-0.2, -0.15) is 0 Å². The summed E-state index contributed by atoms with van der Waals surface area (Å²) in [6.07, 6.45) is 2.11. The van der Waals surface area contributed by atoms with E-state index in [0.717, 1.165) is 11.1 Å². The van der Waals surface area contributed by atoms with Crippen molar-refractivity contribution >= 4 is 29.6 Å². The van der Waals surface area contributed by atoms with E-state index in [1.807, 2.05) is 54.6 Å². The molecule has 1 aliphatic rings. The molecule has 2 aromatic carbocycles. The van der Waals surface area contributed by atoms with E-state index in [4.69, 9.17) is 14.2 Å². The van der Waals surface area contributed by atoms with Gasteiger partial charge in [0.1, 0.15) is 24.8 Å². The third-order valence-corrected chi connectivity index (χ3v) is 6.64. The molecule has 2 atom stereocenters. The third kappa shape index (κ3) is 10.5. The van der Waals surface area contributed by atoms with Gasteiger partial charge in [-0.3, -0.25) is 24.6 Å². The number of nitrogens with one attached hydrogen (secondary N) is 2. The number of hydrogen-bond acceptors (Lipinski definition) is 8. The SMILES string of the molecule is CCOC(=O)CN1C(=O)[C@@H](N[C@@H](CCCCNC(=O)OCc2ccccc2)C(=O)OC(C)(C)C)CCc2ccccc21. The molecular weight excluding hydrogens is 538 g/mol. The van der Waals surface area contributed by atoms with Gasteiger partial charge in [0.05, 0.1) is 12.6 Å². The molecule has 3 rings (SSSR count). The van der Waals surface area contributed by atoms with Gasteiger partial charge in [-0.1, -0.05) is 48.5 Å². The van der Waals surface area contributed by atoms with Crippen LogP contribution in [0.1, 0.15) is 64.5 Å². The summed E-state index contributed by atoms with van der Waals surface area (Å²) in [5, 5.41) is 5.98. The Morgan fingerprint density at radius 1 is 1.00 bits per heavy atom. The molecule has 0 saturated heterocycles. The summed E-state index contributed by atoms with van der Waals surface area (Å²) < 4.78 is 16.0. The molecule has 0 aromatic heterocycles. The lowest BCUT2D eigenvalue weighted by atomic mass is 10.0. The second kappa shape index (κ2) is 15.9. The molecule has 42 heavy (non-hydrogen) atoms. The number of aryl methyl sites for hydroxylation is 1. The number of fused-ring (bicyclic) bond motifs is 1. The van der Waals surface area contributed by atoms with Crippen LogP contribution in [-0.4, -0.2) is 61.3 Å². The van der Waals surface area contributed by atoms with Crippen molar-refractivity contribution in [3.8, 4) is 0 Å². The van der Waals surface area contributed by atoms with Crippen molar-refractivity contribution in [3.05, 3.63) is 65.7 Å². The van der Waals surface area contributed by atoms with Crippen LogP contribution in [0.15, 0.2) is 54.6 Å². The molecule has 228 valence electrons. The molecule has 1 aliphatic heterocycles. The van der Waals surface area contributed by atoms with E-state index in [1.165, 1.54) is 4.90 Å². The molecule has 0 fully saturated rings. The first-order valence-electron chi connectivity index (χ1n) is 14.6. The lowest BCUT2D eigenvalue weighted by Gasteiger charge is -2.29. The van der Waals surface area contributed by atoms with Gasteiger partial charge in [0, 0.05) is 12.2 Å². The summed E-state index contributed by atoms with van der Waals surface area (Å²) >= 11 is 0. The average molecular weight is 582 g/mol. The van der Waals surface area contributed by atoms with Gasteiger partial charge in [-0.25, -0.2) is 4.79 Å². The Kier molecular flexibility index (Phi) is 12.3. The molecule has 0 spiro atoms. The Balaban J connectivity index is 1.61. The molecule has 0 radical (unpaired) electrons. The highest BCUT2D eigenvalue weighted by Crippen LogP contribution is 2.27. The summed E-state index contributed by atoms with van der Waals surface area (Å²) in [5.41, 5.74) is 1.80. The van der Waals surface area contributed by atoms with Gasteiger partial charge in [-0.05, 0) is 77.0 Å². The monoisotopic (exact) mass is 581 g/mol. The average Bonchev–Trinajstić information content (AvgIpc) is 3.07. The van der Waals surface area contributed by atoms with Crippen LogP contribution >= 0.6 is 0 Å². The lowest BCUT2D eigenvalue weighted by Crippen LogP contribution is -2.53. The minimum atomic E-state index is -0.756. The second-order valence-corrected chi connectivity index (χ2v) is 11.2. The smallest absolute Gasteiger partial charge is 0.407 e. The molecule has 0 aliphatic carbocycles. The number of anilines is 1. The highest BCUT2D eigenvalue weighted by atomic mass is 16.6. The Labute approximate surface area is 248 Å². The number of amides is 2. The number of carbonyl (C=O) groups is 4. The molecule has 10 nitrogen and oxygen atoms in total. The largest absolute Gasteiger partial charge is 0.465 e. The van der Waals surface area contributed by atoms with E-state index in [-0.39, 0.29) is 25.7 Å². The number of esters is 2. The summed E-state index contributed by atoms with van der Waals surface area (Å²) in [6.45, 7) is 7.65. The molecule has 0 unspecified atom stereocenters. The van der Waals surface area contributed by atoms with Crippen molar-refractivity contribution in [2.24, 2.45) is 0 Å². The van der Waals surface area contributed by atoms with E-state index in [0.29, 0.717) is 44.3 Å². The maximum absolute atomic E-state index is 13.7. The molecule has 2 amide bonds. The van der Waals surface area contributed by atoms with Crippen LogP contribution < -0.4 is 15.5 Å². The van der Waals surface area contributed by atoms with Crippen LogP contribution in [0.2, 0.25) is 0 Å². The number of nitrogens with zero attached hydrogens (tertiary/aromatic N) is 1. The standard InChI is InChI=1S/C32H43N3O7/c1-5-40-28(36)21-35-27-17-10-9-15-24(27)18-19-25(29(35)37)34-26(30(38)42-32(2,3)4)16-11-12-20-33-31(39)41-22-23-13-7-6-8-14-23/h6-10,13-15,17,25-26,34H,5,11-12,16,18-22H2,1-4H3,(H,33,39)/t25-,26-/m0/s1. The van der Waals surface area contributed by atoms with Crippen molar-refractivity contribution in [2.45, 2.75) is 84.1 Å². The topological polar surface area (TPSA) is 123 Å². The predicted octanol–water partition coefficient (Wildman–Crippen LogP) is 4.29. The minimum Gasteiger partial charge on any atom is -0.465 e. The van der Waals surface area contributed by atoms with Crippen LogP contribution in [0, 0.1) is 0 Å². The number of alkyl carbamates (subject to hydrolysis) is 1. The van der Waals surface area contributed by atoms with E-state index >= 15 is 0 Å². The fourth-order valence-corrected chi connectivity index (χ4v) is 4.69.